The first kappa shape index (κ1) is 21.3. The van der Waals surface area contributed by atoms with E-state index in [0.29, 0.717) is 17.4 Å². The number of methoxy groups -OCH3 is 1. The van der Waals surface area contributed by atoms with E-state index in [1.54, 1.807) is 7.11 Å². The highest BCUT2D eigenvalue weighted by atomic mass is 16.5. The van der Waals surface area contributed by atoms with Crippen molar-refractivity contribution in [3.05, 3.63) is 66.5 Å². The van der Waals surface area contributed by atoms with Crippen molar-refractivity contribution >= 4 is 33.4 Å². The summed E-state index contributed by atoms with van der Waals surface area (Å²) in [5, 5.41) is 7.68. The molecule has 0 bridgehead atoms. The molecule has 1 aliphatic heterocycles. The Balaban J connectivity index is 1.44. The fraction of sp³-hybridized carbons (Fsp3) is 0.214. The van der Waals surface area contributed by atoms with Gasteiger partial charge in [0.15, 0.2) is 11.5 Å². The lowest BCUT2D eigenvalue weighted by atomic mass is 9.98. The topological polar surface area (TPSA) is 91.8 Å². The number of pyridine rings is 1. The summed E-state index contributed by atoms with van der Waals surface area (Å²) in [7, 11) is 1.68. The number of hydrogen-bond acceptors (Lipinski definition) is 5. The van der Waals surface area contributed by atoms with Crippen LogP contribution in [-0.2, 0) is 0 Å². The second kappa shape index (κ2) is 8.51. The van der Waals surface area contributed by atoms with Gasteiger partial charge in [0.2, 0.25) is 0 Å². The molecule has 7 nitrogen and oxygen atoms in total. The first-order valence-electron chi connectivity index (χ1n) is 11.8. The highest BCUT2D eigenvalue weighted by Gasteiger charge is 2.18. The minimum absolute atomic E-state index is 0.478. The molecule has 2 N–H and O–H groups in total. The molecule has 0 aliphatic carbocycles. The van der Waals surface area contributed by atoms with Crippen LogP contribution in [0.1, 0.15) is 32.4 Å². The Kier molecular flexibility index (Phi) is 5.17. The van der Waals surface area contributed by atoms with Crippen molar-refractivity contribution in [3.63, 3.8) is 0 Å². The highest BCUT2D eigenvalue weighted by Crippen LogP contribution is 2.33. The first-order chi connectivity index (χ1) is 17.1. The van der Waals surface area contributed by atoms with Crippen LogP contribution in [0.25, 0.3) is 50.3 Å². The average Bonchev–Trinajstić information content (AvgIpc) is 3.47. The summed E-state index contributed by atoms with van der Waals surface area (Å²) in [6.45, 7) is 4.32. The number of benzene rings is 2. The maximum absolute atomic E-state index is 5.42. The van der Waals surface area contributed by atoms with E-state index in [-0.39, 0.29) is 0 Å². The molecule has 0 amide bonds. The van der Waals surface area contributed by atoms with Crippen molar-refractivity contribution in [2.75, 3.05) is 7.11 Å². The molecule has 0 spiro atoms. The number of hydrogen-bond donors (Lipinski definition) is 2. The number of aromatic nitrogens is 5. The molecule has 7 heteroatoms. The Hall–Kier alpha value is -4.26. The van der Waals surface area contributed by atoms with E-state index in [1.807, 2.05) is 48.7 Å². The van der Waals surface area contributed by atoms with Gasteiger partial charge in [0.05, 0.1) is 29.4 Å². The Labute approximate surface area is 203 Å². The zero-order valence-corrected chi connectivity index (χ0v) is 20.0. The van der Waals surface area contributed by atoms with Gasteiger partial charge >= 0.3 is 0 Å². The van der Waals surface area contributed by atoms with E-state index >= 15 is 0 Å². The van der Waals surface area contributed by atoms with Crippen LogP contribution < -0.4 is 4.74 Å². The molecule has 4 heterocycles. The van der Waals surface area contributed by atoms with E-state index < -0.39 is 0 Å². The Morgan fingerprint density at radius 3 is 2.74 bits per heavy atom. The lowest BCUT2D eigenvalue weighted by Crippen LogP contribution is -2.04. The average molecular weight is 463 g/mol. The van der Waals surface area contributed by atoms with E-state index in [1.165, 1.54) is 5.71 Å². The summed E-state index contributed by atoms with van der Waals surface area (Å²) in [6, 6.07) is 18.2. The number of rotatable bonds is 4. The Morgan fingerprint density at radius 1 is 0.971 bits per heavy atom. The van der Waals surface area contributed by atoms with Gasteiger partial charge in [-0.2, -0.15) is 5.10 Å². The third-order valence-electron chi connectivity index (χ3n) is 6.84. The van der Waals surface area contributed by atoms with E-state index in [2.05, 4.69) is 46.2 Å². The molecule has 5 aromatic rings. The molecule has 35 heavy (non-hydrogen) atoms. The van der Waals surface area contributed by atoms with E-state index in [9.17, 15) is 0 Å². The van der Waals surface area contributed by atoms with Crippen LogP contribution in [0, 0.1) is 5.92 Å². The van der Waals surface area contributed by atoms with Gasteiger partial charge in [-0.1, -0.05) is 31.2 Å². The van der Waals surface area contributed by atoms with Gasteiger partial charge in [0, 0.05) is 17.5 Å². The number of ether oxygens (including phenoxy) is 1. The van der Waals surface area contributed by atoms with E-state index in [4.69, 9.17) is 14.7 Å². The molecule has 0 unspecified atom stereocenters. The molecule has 3 aromatic heterocycles. The Bertz CT molecular complexity index is 1620. The largest absolute Gasteiger partial charge is 0.497 e. The van der Waals surface area contributed by atoms with Crippen LogP contribution in [0.2, 0.25) is 0 Å². The molecule has 0 radical (unpaired) electrons. The number of aromatic amines is 2. The van der Waals surface area contributed by atoms with E-state index in [0.717, 1.165) is 63.1 Å². The number of aliphatic imine (C=N–C) groups is 1. The summed E-state index contributed by atoms with van der Waals surface area (Å²) >= 11 is 0. The molecule has 174 valence electrons. The van der Waals surface area contributed by atoms with Crippen molar-refractivity contribution in [1.82, 2.24) is 25.1 Å². The smallest absolute Gasteiger partial charge is 0.161 e. The molecular weight excluding hydrogens is 436 g/mol. The molecule has 1 aliphatic rings. The van der Waals surface area contributed by atoms with Crippen LogP contribution in [0.4, 0.5) is 0 Å². The van der Waals surface area contributed by atoms with Gasteiger partial charge in [0.25, 0.3) is 0 Å². The van der Waals surface area contributed by atoms with Crippen LogP contribution in [0.5, 0.6) is 5.75 Å². The summed E-state index contributed by atoms with van der Waals surface area (Å²) in [6.07, 6.45) is 3.98. The maximum Gasteiger partial charge on any atom is 0.161 e. The quantitative estimate of drug-likeness (QED) is 0.323. The van der Waals surface area contributed by atoms with Crippen molar-refractivity contribution in [2.45, 2.75) is 26.7 Å². The zero-order valence-electron chi connectivity index (χ0n) is 20.0. The van der Waals surface area contributed by atoms with Gasteiger partial charge in [-0.15, -0.1) is 0 Å². The Morgan fingerprint density at radius 2 is 1.86 bits per heavy atom. The first-order valence-corrected chi connectivity index (χ1v) is 11.8. The number of H-pyrrole nitrogens is 2. The number of fused-ring (bicyclic) bond motifs is 2. The number of nitrogens with zero attached hydrogens (tertiary/aromatic N) is 4. The summed E-state index contributed by atoms with van der Waals surface area (Å²) < 4.78 is 5.42. The number of imidazole rings is 1. The van der Waals surface area contributed by atoms with Crippen molar-refractivity contribution < 1.29 is 4.74 Å². The second-order valence-corrected chi connectivity index (χ2v) is 9.05. The molecular formula is C28H26N6O. The molecule has 2 aromatic carbocycles. The SMILES string of the molecule is COc1cccc(-c2cccc3[nH]c(-c4n[nH]c5ccc(C6=CN=C(C)[C@H](C)CC6)nc45)nc23)c1. The van der Waals surface area contributed by atoms with Crippen LogP contribution in [0.3, 0.4) is 0 Å². The predicted octanol–water partition coefficient (Wildman–Crippen LogP) is 6.41. The van der Waals surface area contributed by atoms with Crippen LogP contribution in [-0.4, -0.2) is 38.0 Å². The van der Waals surface area contributed by atoms with Crippen LogP contribution >= 0.6 is 0 Å². The number of allylic oxidation sites excluding steroid dienone is 1. The number of nitrogens with one attached hydrogen (secondary N) is 2. The van der Waals surface area contributed by atoms with Crippen molar-refractivity contribution in [3.8, 4) is 28.4 Å². The minimum Gasteiger partial charge on any atom is -0.497 e. The van der Waals surface area contributed by atoms with Gasteiger partial charge in [-0.25, -0.2) is 9.97 Å². The molecule has 0 fully saturated rings. The summed E-state index contributed by atoms with van der Waals surface area (Å²) in [4.78, 5) is 18.1. The normalized spacial score (nSPS) is 16.3. The maximum atomic E-state index is 5.42. The van der Waals surface area contributed by atoms with Gasteiger partial charge in [-0.3, -0.25) is 10.1 Å². The van der Waals surface area contributed by atoms with Crippen LogP contribution in [0.15, 0.2) is 65.8 Å². The lowest BCUT2D eigenvalue weighted by molar-refractivity contribution is 0.415. The highest BCUT2D eigenvalue weighted by molar-refractivity contribution is 5.96. The lowest BCUT2D eigenvalue weighted by Gasteiger charge is -2.08. The van der Waals surface area contributed by atoms with Gasteiger partial charge in [0.1, 0.15) is 11.3 Å². The monoisotopic (exact) mass is 462 g/mol. The van der Waals surface area contributed by atoms with Gasteiger partial charge < -0.3 is 9.72 Å². The van der Waals surface area contributed by atoms with Gasteiger partial charge in [-0.05, 0) is 67.2 Å². The number of para-hydroxylation sites is 1. The molecule has 0 saturated carbocycles. The predicted molar refractivity (Wildman–Crippen MR) is 140 cm³/mol. The minimum atomic E-state index is 0.478. The molecule has 1 atom stereocenters. The molecule has 0 saturated heterocycles. The third kappa shape index (κ3) is 3.79. The third-order valence-corrected chi connectivity index (χ3v) is 6.84. The zero-order chi connectivity index (χ0) is 23.9. The summed E-state index contributed by atoms with van der Waals surface area (Å²) in [5.41, 5.74) is 9.52. The standard InChI is InChI=1S/C28H26N6O/c1-16-10-11-19(15-29-17(16)2)22-12-13-24-26(30-22)27(34-33-24)28-31-23-9-5-8-21(25(23)32-28)18-6-4-7-20(14-18)35-3/h4-9,12-16H,10-11H2,1-3H3,(H,31,32)(H,33,34)/t16-/m1/s1. The molecule has 6 rings (SSSR count). The fourth-order valence-corrected chi connectivity index (χ4v) is 4.56. The second-order valence-electron chi connectivity index (χ2n) is 9.05. The summed E-state index contributed by atoms with van der Waals surface area (Å²) in [5.74, 6) is 1.97. The fourth-order valence-electron chi connectivity index (χ4n) is 4.56. The van der Waals surface area contributed by atoms with Crippen molar-refractivity contribution in [1.29, 1.82) is 0 Å². The van der Waals surface area contributed by atoms with Crippen molar-refractivity contribution in [2.24, 2.45) is 10.9 Å².